The van der Waals surface area contributed by atoms with Gasteiger partial charge in [-0.3, -0.25) is 4.79 Å². The van der Waals surface area contributed by atoms with Crippen LogP contribution in [-0.4, -0.2) is 13.0 Å². The number of methoxy groups -OCH3 is 1. The number of nitrogens with zero attached hydrogens (tertiary/aromatic N) is 1. The molecular weight excluding hydrogens is 460 g/mol. The van der Waals surface area contributed by atoms with Crippen molar-refractivity contribution in [2.45, 2.75) is 26.9 Å². The Balaban J connectivity index is 1.91. The molecule has 3 rings (SSSR count). The van der Waals surface area contributed by atoms with Gasteiger partial charge in [-0.1, -0.05) is 53.6 Å². The van der Waals surface area contributed by atoms with E-state index in [0.717, 1.165) is 16.7 Å². The van der Waals surface area contributed by atoms with Crippen molar-refractivity contribution in [2.75, 3.05) is 12.4 Å². The summed E-state index contributed by atoms with van der Waals surface area (Å²) >= 11 is 6.14. The van der Waals surface area contributed by atoms with Crippen LogP contribution in [0.15, 0.2) is 72.8 Å². The number of halogens is 1. The molecule has 0 spiro atoms. The number of allylic oxidation sites excluding steroid dienone is 1. The lowest BCUT2D eigenvalue weighted by atomic mass is 10.0. The first-order valence-corrected chi connectivity index (χ1v) is 11.4. The third kappa shape index (κ3) is 6.53. The van der Waals surface area contributed by atoms with Gasteiger partial charge >= 0.3 is 0 Å². The van der Waals surface area contributed by atoms with Gasteiger partial charge in [0.1, 0.15) is 18.2 Å². The second-order valence-electron chi connectivity index (χ2n) is 8.01. The number of carbonyl (C=O) groups is 1. The highest BCUT2D eigenvalue weighted by Gasteiger charge is 2.16. The Morgan fingerprint density at radius 3 is 2.57 bits per heavy atom. The Morgan fingerprint density at radius 2 is 1.91 bits per heavy atom. The average molecular weight is 487 g/mol. The van der Waals surface area contributed by atoms with Crippen molar-refractivity contribution in [3.63, 3.8) is 0 Å². The van der Waals surface area contributed by atoms with Crippen LogP contribution in [-0.2, 0) is 17.8 Å². The molecule has 0 saturated carbocycles. The minimum atomic E-state index is -0.526. The maximum atomic E-state index is 12.8. The Morgan fingerprint density at radius 1 is 1.17 bits per heavy atom. The number of aryl methyl sites for hydroxylation is 1. The van der Waals surface area contributed by atoms with E-state index in [1.807, 2.05) is 43.3 Å². The summed E-state index contributed by atoms with van der Waals surface area (Å²) < 4.78 is 11.7. The van der Waals surface area contributed by atoms with Gasteiger partial charge in [0.2, 0.25) is 0 Å². The van der Waals surface area contributed by atoms with Gasteiger partial charge < -0.3 is 14.8 Å². The van der Waals surface area contributed by atoms with Gasteiger partial charge in [-0.05, 0) is 67.3 Å². The Labute approximate surface area is 211 Å². The van der Waals surface area contributed by atoms with Crippen molar-refractivity contribution in [3.8, 4) is 17.6 Å². The van der Waals surface area contributed by atoms with E-state index in [4.69, 9.17) is 21.1 Å². The number of benzene rings is 3. The predicted molar refractivity (Wildman–Crippen MR) is 141 cm³/mol. The summed E-state index contributed by atoms with van der Waals surface area (Å²) in [6.07, 6.45) is 3.81. The van der Waals surface area contributed by atoms with Crippen LogP contribution in [0, 0.1) is 25.2 Å². The summed E-state index contributed by atoms with van der Waals surface area (Å²) in [5.74, 6) is 0.579. The molecule has 5 nitrogen and oxygen atoms in total. The molecule has 3 aromatic carbocycles. The smallest absolute Gasteiger partial charge is 0.266 e. The molecule has 35 heavy (non-hydrogen) atoms. The van der Waals surface area contributed by atoms with Crippen LogP contribution < -0.4 is 14.8 Å². The molecule has 0 atom stereocenters. The minimum absolute atomic E-state index is 0.0516. The molecule has 0 saturated heterocycles. The SMILES string of the molecule is C=CCc1cc(/C=C(\C#N)C(=O)Nc2cccc(Cl)c2C)cc(OC)c1OCc1ccc(C)cc1. The van der Waals surface area contributed by atoms with Crippen LogP contribution in [0.25, 0.3) is 6.08 Å². The maximum absolute atomic E-state index is 12.8. The number of amides is 1. The lowest BCUT2D eigenvalue weighted by Gasteiger charge is -2.16. The molecule has 3 aromatic rings. The number of carbonyl (C=O) groups excluding carboxylic acids is 1. The topological polar surface area (TPSA) is 71.4 Å². The van der Waals surface area contributed by atoms with Crippen LogP contribution in [0.3, 0.4) is 0 Å². The summed E-state index contributed by atoms with van der Waals surface area (Å²) in [6, 6.07) is 18.9. The van der Waals surface area contributed by atoms with Crippen molar-refractivity contribution in [2.24, 2.45) is 0 Å². The second kappa shape index (κ2) is 11.9. The molecule has 0 aliphatic carbocycles. The van der Waals surface area contributed by atoms with E-state index < -0.39 is 5.91 Å². The summed E-state index contributed by atoms with van der Waals surface area (Å²) in [4.78, 5) is 12.8. The van der Waals surface area contributed by atoms with Crippen molar-refractivity contribution in [1.82, 2.24) is 0 Å². The van der Waals surface area contributed by atoms with Gasteiger partial charge in [-0.15, -0.1) is 6.58 Å². The summed E-state index contributed by atoms with van der Waals surface area (Å²) in [6.45, 7) is 8.05. The number of hydrogen-bond acceptors (Lipinski definition) is 4. The standard InChI is InChI=1S/C29H27ClN2O3/c1-5-7-23-14-22(15-24(17-31)29(33)32-26-9-6-8-25(30)20(26)3)16-27(34-4)28(23)35-18-21-12-10-19(2)11-13-21/h5-6,8-16H,1,7,18H2,2-4H3,(H,32,33)/b24-15+. The predicted octanol–water partition coefficient (Wildman–Crippen LogP) is 6.82. The molecule has 0 aromatic heterocycles. The number of nitrogens with one attached hydrogen (secondary N) is 1. The fourth-order valence-electron chi connectivity index (χ4n) is 3.48. The number of rotatable bonds is 9. The van der Waals surface area contributed by atoms with Crippen molar-refractivity contribution in [1.29, 1.82) is 5.26 Å². The molecule has 0 heterocycles. The molecule has 0 aliphatic rings. The number of nitriles is 1. The van der Waals surface area contributed by atoms with Crippen molar-refractivity contribution < 1.29 is 14.3 Å². The van der Waals surface area contributed by atoms with E-state index >= 15 is 0 Å². The van der Waals surface area contributed by atoms with E-state index in [1.165, 1.54) is 11.6 Å². The number of hydrogen-bond donors (Lipinski definition) is 1. The van der Waals surface area contributed by atoms with Gasteiger partial charge in [0, 0.05) is 16.3 Å². The molecule has 0 unspecified atom stereocenters. The van der Waals surface area contributed by atoms with Gasteiger partial charge in [0.05, 0.1) is 7.11 Å². The van der Waals surface area contributed by atoms with Gasteiger partial charge in [-0.25, -0.2) is 0 Å². The van der Waals surface area contributed by atoms with E-state index in [1.54, 1.807) is 44.4 Å². The van der Waals surface area contributed by atoms with Crippen molar-refractivity contribution >= 4 is 29.3 Å². The molecule has 1 amide bonds. The van der Waals surface area contributed by atoms with Crippen LogP contribution in [0.4, 0.5) is 5.69 Å². The molecule has 6 heteroatoms. The molecule has 0 bridgehead atoms. The van der Waals surface area contributed by atoms with E-state index in [0.29, 0.717) is 40.8 Å². The third-order valence-corrected chi connectivity index (χ3v) is 5.84. The van der Waals surface area contributed by atoms with Gasteiger partial charge in [0.15, 0.2) is 11.5 Å². The summed E-state index contributed by atoms with van der Waals surface area (Å²) in [5, 5.41) is 13.0. The fourth-order valence-corrected chi connectivity index (χ4v) is 3.65. The third-order valence-electron chi connectivity index (χ3n) is 5.43. The first-order valence-electron chi connectivity index (χ1n) is 11.0. The highest BCUT2D eigenvalue weighted by Crippen LogP contribution is 2.35. The van der Waals surface area contributed by atoms with Crippen LogP contribution in [0.2, 0.25) is 5.02 Å². The monoisotopic (exact) mass is 486 g/mol. The maximum Gasteiger partial charge on any atom is 0.266 e. The lowest BCUT2D eigenvalue weighted by Crippen LogP contribution is -2.14. The molecule has 0 fully saturated rings. The largest absolute Gasteiger partial charge is 0.493 e. The zero-order valence-electron chi connectivity index (χ0n) is 20.0. The van der Waals surface area contributed by atoms with Crippen molar-refractivity contribution in [3.05, 3.63) is 106 Å². The molecule has 0 aliphatic heterocycles. The van der Waals surface area contributed by atoms with E-state index in [9.17, 15) is 10.1 Å². The Kier molecular flexibility index (Phi) is 8.72. The number of anilines is 1. The number of ether oxygens (including phenoxy) is 2. The molecule has 178 valence electrons. The lowest BCUT2D eigenvalue weighted by molar-refractivity contribution is -0.112. The second-order valence-corrected chi connectivity index (χ2v) is 8.42. The normalized spacial score (nSPS) is 10.9. The zero-order valence-corrected chi connectivity index (χ0v) is 20.8. The Bertz CT molecular complexity index is 1300. The fraction of sp³-hybridized carbons (Fsp3) is 0.172. The first-order chi connectivity index (χ1) is 16.9. The van der Waals surface area contributed by atoms with Crippen LogP contribution in [0.1, 0.15) is 27.8 Å². The quantitative estimate of drug-likeness (QED) is 0.204. The van der Waals surface area contributed by atoms with Gasteiger partial charge in [-0.2, -0.15) is 5.26 Å². The average Bonchev–Trinajstić information content (AvgIpc) is 2.85. The van der Waals surface area contributed by atoms with E-state index in [2.05, 4.69) is 11.9 Å². The highest BCUT2D eigenvalue weighted by atomic mass is 35.5. The molecule has 1 N–H and O–H groups in total. The van der Waals surface area contributed by atoms with Crippen LogP contribution in [0.5, 0.6) is 11.5 Å². The molecular formula is C29H27ClN2O3. The zero-order chi connectivity index (χ0) is 25.4. The van der Waals surface area contributed by atoms with Gasteiger partial charge in [0.25, 0.3) is 5.91 Å². The highest BCUT2D eigenvalue weighted by molar-refractivity contribution is 6.31. The summed E-state index contributed by atoms with van der Waals surface area (Å²) in [7, 11) is 1.55. The van der Waals surface area contributed by atoms with E-state index in [-0.39, 0.29) is 5.57 Å². The first kappa shape index (κ1) is 25.6. The Hall–Kier alpha value is -4.01. The summed E-state index contributed by atoms with van der Waals surface area (Å²) in [5.41, 5.74) is 4.91. The minimum Gasteiger partial charge on any atom is -0.493 e. The van der Waals surface area contributed by atoms with Crippen LogP contribution >= 0.6 is 11.6 Å². The molecule has 0 radical (unpaired) electrons.